The van der Waals surface area contributed by atoms with Crippen LogP contribution < -0.4 is 0 Å². The second-order valence-corrected chi connectivity index (χ2v) is 10.9. The Morgan fingerprint density at radius 2 is 1.77 bits per heavy atom. The molecule has 6 nitrogen and oxygen atoms in total. The Morgan fingerprint density at radius 3 is 2.55 bits per heavy atom. The molecule has 2 fully saturated rings. The summed E-state index contributed by atoms with van der Waals surface area (Å²) in [4.78, 5) is 33.3. The lowest BCUT2D eigenvalue weighted by molar-refractivity contribution is -0.140. The van der Waals surface area contributed by atoms with Crippen molar-refractivity contribution >= 4 is 46.2 Å². The molecule has 5 rings (SSSR count). The van der Waals surface area contributed by atoms with Gasteiger partial charge >= 0.3 is 0 Å². The fraction of sp³-hybridized carbons (Fsp3) is 0.355. The van der Waals surface area contributed by atoms with Crippen molar-refractivity contribution in [1.29, 1.82) is 5.26 Å². The highest BCUT2D eigenvalue weighted by Crippen LogP contribution is 2.43. The molecular weight excluding hydrogens is 534 g/mol. The van der Waals surface area contributed by atoms with Crippen LogP contribution in [0.2, 0.25) is 5.02 Å². The summed E-state index contributed by atoms with van der Waals surface area (Å²) in [6.07, 6.45) is 8.16. The van der Waals surface area contributed by atoms with Crippen molar-refractivity contribution in [2.75, 3.05) is 19.6 Å². The number of aromatic nitrogens is 1. The summed E-state index contributed by atoms with van der Waals surface area (Å²) >= 11 is 6.07. The van der Waals surface area contributed by atoms with E-state index >= 15 is 0 Å². The number of hydrogen-bond acceptors (Lipinski definition) is 5. The summed E-state index contributed by atoms with van der Waals surface area (Å²) in [5.41, 5.74) is 0.219. The van der Waals surface area contributed by atoms with E-state index in [2.05, 4.69) is 11.1 Å². The molecular formula is C31H29ClF2N4O2. The number of fused-ring (bicyclic) bond motifs is 1. The number of carbonyl (C=O) groups is 2. The lowest BCUT2D eigenvalue weighted by atomic mass is 9.99. The van der Waals surface area contributed by atoms with Crippen molar-refractivity contribution in [3.05, 3.63) is 76.6 Å². The minimum absolute atomic E-state index is 0.163. The monoisotopic (exact) mass is 562 g/mol. The molecule has 2 saturated heterocycles. The van der Waals surface area contributed by atoms with Crippen LogP contribution in [0.3, 0.4) is 0 Å². The molecule has 0 radical (unpaired) electrons. The number of rotatable bonds is 7. The fourth-order valence-corrected chi connectivity index (χ4v) is 5.87. The predicted octanol–water partition coefficient (Wildman–Crippen LogP) is 6.59. The average molecular weight is 563 g/mol. The smallest absolute Gasteiger partial charge is 0.270 e. The van der Waals surface area contributed by atoms with Gasteiger partial charge in [0, 0.05) is 54.5 Å². The Morgan fingerprint density at radius 1 is 1.02 bits per heavy atom. The number of nitriles is 1. The molecule has 0 N–H and O–H groups in total. The summed E-state index contributed by atoms with van der Waals surface area (Å²) in [5, 5.41) is 12.7. The van der Waals surface area contributed by atoms with Crippen molar-refractivity contribution in [1.82, 2.24) is 14.8 Å². The number of halogens is 3. The third-order valence-corrected chi connectivity index (χ3v) is 7.94. The van der Waals surface area contributed by atoms with Gasteiger partial charge in [0.1, 0.15) is 6.07 Å². The van der Waals surface area contributed by atoms with Gasteiger partial charge in [-0.3, -0.25) is 19.5 Å². The molecule has 206 valence electrons. The lowest BCUT2D eigenvalue weighted by Crippen LogP contribution is -2.59. The lowest BCUT2D eigenvalue weighted by Gasteiger charge is -2.43. The van der Waals surface area contributed by atoms with Crippen LogP contribution in [0.1, 0.15) is 60.0 Å². The predicted molar refractivity (Wildman–Crippen MR) is 151 cm³/mol. The maximum atomic E-state index is 14.6. The topological polar surface area (TPSA) is 77.3 Å². The standard InChI is InChI=1S/C31H29ClF2N4O2/c32-26-9-8-23-16-22(4-6-24(23)17-26)5-7-25-18-36-13-12-27(25)28(39)10-11-29(40)38-21-30(33,34)19-31(38,20-35)37-14-2-1-3-15-37/h4-9,12-13,16-18H,1-3,10-11,14-15,19,21H2/b7-5+/t31-/m0/s1. The van der Waals surface area contributed by atoms with E-state index in [9.17, 15) is 23.6 Å². The Kier molecular flexibility index (Phi) is 7.97. The van der Waals surface area contributed by atoms with E-state index < -0.39 is 30.5 Å². The first-order valence-corrected chi connectivity index (χ1v) is 13.8. The number of carbonyl (C=O) groups excluding carboxylic acids is 2. The molecule has 2 aromatic carbocycles. The van der Waals surface area contributed by atoms with Gasteiger partial charge in [0.05, 0.1) is 13.0 Å². The highest BCUT2D eigenvalue weighted by atomic mass is 35.5. The Bertz CT molecular complexity index is 1510. The number of Topliss-reactive ketones (excluding diaryl/α,β-unsaturated/α-hetero) is 1. The quantitative estimate of drug-likeness (QED) is 0.303. The Labute approximate surface area is 236 Å². The van der Waals surface area contributed by atoms with Crippen molar-refractivity contribution in [3.63, 3.8) is 0 Å². The van der Waals surface area contributed by atoms with E-state index in [1.807, 2.05) is 42.5 Å². The minimum atomic E-state index is -3.16. The van der Waals surface area contributed by atoms with E-state index in [1.165, 1.54) is 6.20 Å². The molecule has 3 heterocycles. The SMILES string of the molecule is N#C[C@]1(N2CCCCC2)CC(F)(F)CN1C(=O)CCC(=O)c1ccncc1/C=C/c1ccc2cc(Cl)ccc2c1. The first-order chi connectivity index (χ1) is 19.2. The Balaban J connectivity index is 1.30. The van der Waals surface area contributed by atoms with Gasteiger partial charge in [-0.2, -0.15) is 5.26 Å². The van der Waals surface area contributed by atoms with Gasteiger partial charge in [-0.05, 0) is 53.4 Å². The zero-order valence-electron chi connectivity index (χ0n) is 22.0. The summed E-state index contributed by atoms with van der Waals surface area (Å²) in [5.74, 6) is -4.07. The number of alkyl halides is 2. The van der Waals surface area contributed by atoms with Gasteiger partial charge in [-0.1, -0.05) is 48.4 Å². The van der Waals surface area contributed by atoms with Crippen LogP contribution in [0.4, 0.5) is 8.78 Å². The summed E-state index contributed by atoms with van der Waals surface area (Å²) in [6, 6.07) is 15.2. The van der Waals surface area contributed by atoms with Crippen molar-refractivity contribution in [2.24, 2.45) is 0 Å². The molecule has 1 amide bonds. The van der Waals surface area contributed by atoms with E-state index in [0.29, 0.717) is 29.2 Å². The third kappa shape index (κ3) is 5.77. The maximum absolute atomic E-state index is 14.6. The first kappa shape index (κ1) is 27.9. The van der Waals surface area contributed by atoms with E-state index in [1.54, 1.807) is 23.2 Å². The summed E-state index contributed by atoms with van der Waals surface area (Å²) in [7, 11) is 0. The van der Waals surface area contributed by atoms with Crippen LogP contribution in [-0.2, 0) is 4.79 Å². The van der Waals surface area contributed by atoms with Gasteiger partial charge in [-0.25, -0.2) is 8.78 Å². The van der Waals surface area contributed by atoms with Gasteiger partial charge in [0.2, 0.25) is 5.91 Å². The second kappa shape index (κ2) is 11.4. The molecule has 2 aliphatic rings. The maximum Gasteiger partial charge on any atom is 0.270 e. The molecule has 0 spiro atoms. The molecule has 0 unspecified atom stereocenters. The number of pyridine rings is 1. The van der Waals surface area contributed by atoms with Crippen molar-refractivity contribution < 1.29 is 18.4 Å². The zero-order chi connectivity index (χ0) is 28.3. The van der Waals surface area contributed by atoms with Crippen molar-refractivity contribution in [3.8, 4) is 6.07 Å². The second-order valence-electron chi connectivity index (χ2n) is 10.5. The van der Waals surface area contributed by atoms with E-state index in [4.69, 9.17) is 11.6 Å². The van der Waals surface area contributed by atoms with Gasteiger partial charge in [0.15, 0.2) is 11.4 Å². The van der Waals surface area contributed by atoms with Crippen molar-refractivity contribution in [2.45, 2.75) is 50.1 Å². The molecule has 40 heavy (non-hydrogen) atoms. The molecule has 2 aliphatic heterocycles. The molecule has 9 heteroatoms. The number of nitrogens with zero attached hydrogens (tertiary/aromatic N) is 4. The van der Waals surface area contributed by atoms with Gasteiger partial charge in [-0.15, -0.1) is 0 Å². The largest absolute Gasteiger partial charge is 0.306 e. The van der Waals surface area contributed by atoms with Crippen LogP contribution in [0.5, 0.6) is 0 Å². The average Bonchev–Trinajstić information content (AvgIpc) is 3.27. The molecule has 0 aliphatic carbocycles. The molecule has 0 bridgehead atoms. The minimum Gasteiger partial charge on any atom is -0.306 e. The number of benzene rings is 2. The fourth-order valence-electron chi connectivity index (χ4n) is 5.69. The van der Waals surface area contributed by atoms with Crippen LogP contribution >= 0.6 is 11.6 Å². The number of hydrogen-bond donors (Lipinski definition) is 0. The Hall–Kier alpha value is -3.67. The van der Waals surface area contributed by atoms with E-state index in [-0.39, 0.29) is 18.6 Å². The third-order valence-electron chi connectivity index (χ3n) is 7.70. The molecule has 3 aromatic rings. The van der Waals surface area contributed by atoms with E-state index in [0.717, 1.165) is 40.5 Å². The number of piperidine rings is 1. The summed E-state index contributed by atoms with van der Waals surface area (Å²) < 4.78 is 29.2. The number of amides is 1. The van der Waals surface area contributed by atoms with Gasteiger partial charge in [0.25, 0.3) is 5.92 Å². The van der Waals surface area contributed by atoms with Crippen LogP contribution in [0.15, 0.2) is 54.9 Å². The molecule has 1 atom stereocenters. The highest BCUT2D eigenvalue weighted by molar-refractivity contribution is 6.31. The molecule has 1 aromatic heterocycles. The molecule has 0 saturated carbocycles. The summed E-state index contributed by atoms with van der Waals surface area (Å²) in [6.45, 7) is 0.166. The first-order valence-electron chi connectivity index (χ1n) is 13.4. The zero-order valence-corrected chi connectivity index (χ0v) is 22.7. The highest BCUT2D eigenvalue weighted by Gasteiger charge is 2.60. The number of likely N-dealkylation sites (tertiary alicyclic amines) is 2. The van der Waals surface area contributed by atoms with Crippen LogP contribution in [0.25, 0.3) is 22.9 Å². The normalized spacial score (nSPS) is 21.1. The van der Waals surface area contributed by atoms with Crippen LogP contribution in [-0.4, -0.2) is 57.7 Å². The number of ketones is 1. The van der Waals surface area contributed by atoms with Crippen LogP contribution in [0, 0.1) is 11.3 Å². The van der Waals surface area contributed by atoms with Gasteiger partial charge < -0.3 is 4.90 Å².